The van der Waals surface area contributed by atoms with Gasteiger partial charge in [-0.25, -0.2) is 0 Å². The second-order valence-electron chi connectivity index (χ2n) is 12.9. The number of fused-ring (bicyclic) bond motifs is 2. The number of benzene rings is 9. The van der Waals surface area contributed by atoms with Gasteiger partial charge in [0.25, 0.3) is 0 Å². The summed E-state index contributed by atoms with van der Waals surface area (Å²) in [5.74, 6) is 0. The van der Waals surface area contributed by atoms with Gasteiger partial charge in [0.15, 0.2) is 0 Å². The highest BCUT2D eigenvalue weighted by Crippen LogP contribution is 2.45. The Bertz CT molecular complexity index is 2630. The Balaban J connectivity index is 1.18. The summed E-state index contributed by atoms with van der Waals surface area (Å²) >= 11 is 0. The topological polar surface area (TPSA) is 3.24 Å². The fraction of sp³-hybridized carbons (Fsp3) is 0. The molecule has 0 amide bonds. The van der Waals surface area contributed by atoms with Gasteiger partial charge in [-0.1, -0.05) is 182 Å². The van der Waals surface area contributed by atoms with Gasteiger partial charge in [-0.3, -0.25) is 0 Å². The highest BCUT2D eigenvalue weighted by atomic mass is 15.1. The summed E-state index contributed by atoms with van der Waals surface area (Å²) in [6.45, 7) is 0. The minimum atomic E-state index is 1.10. The molecule has 51 heavy (non-hydrogen) atoms. The molecule has 0 fully saturated rings. The van der Waals surface area contributed by atoms with Crippen molar-refractivity contribution in [1.82, 2.24) is 0 Å². The van der Waals surface area contributed by atoms with Crippen LogP contribution >= 0.6 is 0 Å². The van der Waals surface area contributed by atoms with E-state index in [2.05, 4.69) is 217 Å². The molecular formula is C50H35N. The van der Waals surface area contributed by atoms with Gasteiger partial charge in [-0.2, -0.15) is 0 Å². The van der Waals surface area contributed by atoms with Crippen LogP contribution in [0.15, 0.2) is 212 Å². The van der Waals surface area contributed by atoms with Gasteiger partial charge >= 0.3 is 0 Å². The summed E-state index contributed by atoms with van der Waals surface area (Å²) in [6, 6.07) is 76.6. The van der Waals surface area contributed by atoms with Crippen molar-refractivity contribution in [1.29, 1.82) is 0 Å². The van der Waals surface area contributed by atoms with E-state index in [0.29, 0.717) is 0 Å². The third-order valence-corrected chi connectivity index (χ3v) is 9.88. The zero-order valence-electron chi connectivity index (χ0n) is 28.2. The summed E-state index contributed by atoms with van der Waals surface area (Å²) in [6.07, 6.45) is 0. The molecule has 9 aromatic carbocycles. The van der Waals surface area contributed by atoms with Crippen LogP contribution in [-0.4, -0.2) is 0 Å². The molecule has 0 saturated carbocycles. The molecular weight excluding hydrogens is 615 g/mol. The van der Waals surface area contributed by atoms with E-state index in [9.17, 15) is 0 Å². The first-order chi connectivity index (χ1) is 25.3. The quantitative estimate of drug-likeness (QED) is 0.166. The van der Waals surface area contributed by atoms with Crippen LogP contribution in [0.4, 0.5) is 17.1 Å². The second kappa shape index (κ2) is 13.3. The van der Waals surface area contributed by atoms with Crippen molar-refractivity contribution < 1.29 is 0 Å². The maximum atomic E-state index is 2.43. The maximum Gasteiger partial charge on any atom is 0.0540 e. The Morgan fingerprint density at radius 1 is 0.255 bits per heavy atom. The molecule has 0 atom stereocenters. The zero-order valence-corrected chi connectivity index (χ0v) is 28.2. The van der Waals surface area contributed by atoms with Crippen LogP contribution in [-0.2, 0) is 0 Å². The van der Waals surface area contributed by atoms with Gasteiger partial charge < -0.3 is 4.90 Å². The van der Waals surface area contributed by atoms with E-state index in [-0.39, 0.29) is 0 Å². The summed E-state index contributed by atoms with van der Waals surface area (Å²) in [7, 11) is 0. The average Bonchev–Trinajstić information content (AvgIpc) is 3.22. The van der Waals surface area contributed by atoms with E-state index in [1.54, 1.807) is 0 Å². The normalized spacial score (nSPS) is 11.1. The van der Waals surface area contributed by atoms with Crippen LogP contribution in [0.2, 0.25) is 0 Å². The van der Waals surface area contributed by atoms with E-state index in [1.165, 1.54) is 66.1 Å². The lowest BCUT2D eigenvalue weighted by Crippen LogP contribution is -2.12. The van der Waals surface area contributed by atoms with Crippen LogP contribution in [0.3, 0.4) is 0 Å². The lowest BCUT2D eigenvalue weighted by molar-refractivity contribution is 1.30. The first kappa shape index (κ1) is 30.4. The van der Waals surface area contributed by atoms with E-state index in [4.69, 9.17) is 0 Å². The summed E-state index contributed by atoms with van der Waals surface area (Å²) in [5.41, 5.74) is 13.0. The first-order valence-corrected chi connectivity index (χ1v) is 17.5. The Labute approximate surface area is 299 Å². The van der Waals surface area contributed by atoms with Crippen LogP contribution in [0, 0.1) is 0 Å². The molecule has 0 heterocycles. The van der Waals surface area contributed by atoms with Crippen LogP contribution < -0.4 is 4.90 Å². The molecule has 9 aromatic rings. The minimum absolute atomic E-state index is 1.10. The van der Waals surface area contributed by atoms with Crippen molar-refractivity contribution in [2.75, 3.05) is 4.90 Å². The number of para-hydroxylation sites is 1. The molecule has 0 N–H and O–H groups in total. The molecule has 0 bridgehead atoms. The summed E-state index contributed by atoms with van der Waals surface area (Å²) in [4.78, 5) is 2.43. The van der Waals surface area contributed by atoms with Crippen molar-refractivity contribution >= 4 is 38.6 Å². The predicted molar refractivity (Wildman–Crippen MR) is 218 cm³/mol. The Morgan fingerprint density at radius 2 is 0.765 bits per heavy atom. The second-order valence-corrected chi connectivity index (χ2v) is 12.9. The average molecular weight is 650 g/mol. The highest BCUT2D eigenvalue weighted by Gasteiger charge is 2.20. The highest BCUT2D eigenvalue weighted by molar-refractivity contribution is 6.02. The Hall–Kier alpha value is -6.70. The number of nitrogens with zero attached hydrogens (tertiary/aromatic N) is 1. The van der Waals surface area contributed by atoms with Crippen molar-refractivity contribution in [3.8, 4) is 44.5 Å². The van der Waals surface area contributed by atoms with Crippen molar-refractivity contribution in [3.05, 3.63) is 212 Å². The van der Waals surface area contributed by atoms with Gasteiger partial charge in [-0.05, 0) is 85.4 Å². The molecule has 9 rings (SSSR count). The Morgan fingerprint density at radius 3 is 1.57 bits per heavy atom. The smallest absolute Gasteiger partial charge is 0.0540 e. The van der Waals surface area contributed by atoms with E-state index >= 15 is 0 Å². The third kappa shape index (κ3) is 5.75. The van der Waals surface area contributed by atoms with E-state index in [0.717, 1.165) is 17.1 Å². The largest absolute Gasteiger partial charge is 0.309 e. The van der Waals surface area contributed by atoms with E-state index < -0.39 is 0 Å². The molecule has 240 valence electrons. The molecule has 0 aromatic heterocycles. The lowest BCUT2D eigenvalue weighted by Gasteiger charge is -2.29. The lowest BCUT2D eigenvalue weighted by atomic mass is 9.92. The van der Waals surface area contributed by atoms with Gasteiger partial charge in [0, 0.05) is 16.6 Å². The number of hydrogen-bond donors (Lipinski definition) is 0. The maximum absolute atomic E-state index is 2.43. The Kier molecular flexibility index (Phi) is 7.92. The standard InChI is InChI=1S/C50H35N/c1-2-15-37(16-3-1)44-24-8-9-26-47(44)48-27-10-11-29-50(48)51(49-30-14-20-39-18-5-7-25-46(39)49)42-33-31-36(32-34-42)40-21-12-22-41(35-40)45-28-13-19-38-17-4-6-23-43(38)45/h1-35H. The predicted octanol–water partition coefficient (Wildman–Crippen LogP) is 14.1. The fourth-order valence-electron chi connectivity index (χ4n) is 7.44. The SMILES string of the molecule is c1ccc(-c2ccccc2-c2ccccc2N(c2ccc(-c3cccc(-c4cccc5ccccc45)c3)cc2)c2cccc3ccccc23)cc1. The zero-order chi connectivity index (χ0) is 34.0. The van der Waals surface area contributed by atoms with Crippen molar-refractivity contribution in [2.45, 2.75) is 0 Å². The minimum Gasteiger partial charge on any atom is -0.309 e. The molecule has 0 unspecified atom stereocenters. The first-order valence-electron chi connectivity index (χ1n) is 17.5. The monoisotopic (exact) mass is 649 g/mol. The molecule has 0 aliphatic rings. The van der Waals surface area contributed by atoms with Gasteiger partial charge in [0.2, 0.25) is 0 Å². The molecule has 0 spiro atoms. The molecule has 0 aliphatic carbocycles. The number of anilines is 3. The molecule has 0 aliphatic heterocycles. The van der Waals surface area contributed by atoms with Crippen LogP contribution in [0.1, 0.15) is 0 Å². The van der Waals surface area contributed by atoms with Crippen molar-refractivity contribution in [2.24, 2.45) is 0 Å². The molecule has 0 saturated heterocycles. The number of rotatable bonds is 7. The van der Waals surface area contributed by atoms with Crippen LogP contribution in [0.25, 0.3) is 66.1 Å². The van der Waals surface area contributed by atoms with Crippen molar-refractivity contribution in [3.63, 3.8) is 0 Å². The third-order valence-electron chi connectivity index (χ3n) is 9.88. The molecule has 1 nitrogen and oxygen atoms in total. The van der Waals surface area contributed by atoms with Gasteiger partial charge in [0.05, 0.1) is 11.4 Å². The summed E-state index contributed by atoms with van der Waals surface area (Å²) < 4.78 is 0. The fourth-order valence-corrected chi connectivity index (χ4v) is 7.44. The molecule has 0 radical (unpaired) electrons. The van der Waals surface area contributed by atoms with Gasteiger partial charge in [0.1, 0.15) is 0 Å². The summed E-state index contributed by atoms with van der Waals surface area (Å²) in [5, 5.41) is 4.94. The number of hydrogen-bond acceptors (Lipinski definition) is 1. The van der Waals surface area contributed by atoms with E-state index in [1.807, 2.05) is 0 Å². The van der Waals surface area contributed by atoms with Crippen LogP contribution in [0.5, 0.6) is 0 Å². The van der Waals surface area contributed by atoms with Gasteiger partial charge in [-0.15, -0.1) is 0 Å². The molecule has 1 heteroatoms.